The lowest BCUT2D eigenvalue weighted by atomic mass is 9.98. The summed E-state index contributed by atoms with van der Waals surface area (Å²) < 4.78 is 0. The van der Waals surface area contributed by atoms with Crippen molar-refractivity contribution >= 4 is 23.2 Å². The van der Waals surface area contributed by atoms with Crippen LogP contribution in [0.2, 0.25) is 10.0 Å². The van der Waals surface area contributed by atoms with Gasteiger partial charge in [-0.1, -0.05) is 29.3 Å². The molecule has 1 N–H and O–H groups in total. The summed E-state index contributed by atoms with van der Waals surface area (Å²) in [5, 5.41) is 10.6. The fourth-order valence-electron chi connectivity index (χ4n) is 2.33. The lowest BCUT2D eigenvalue weighted by Gasteiger charge is -2.31. The molecule has 0 amide bonds. The number of halogens is 2. The van der Waals surface area contributed by atoms with Gasteiger partial charge in [-0.2, -0.15) is 0 Å². The van der Waals surface area contributed by atoms with E-state index in [1.165, 1.54) is 0 Å². The highest BCUT2D eigenvalue weighted by Crippen LogP contribution is 2.24. The molecule has 4 heteroatoms. The van der Waals surface area contributed by atoms with Gasteiger partial charge in [0.2, 0.25) is 0 Å². The molecule has 0 saturated carbocycles. The molecule has 1 aliphatic rings. The SMILES string of the molecule is OC[C@@H]1CCCN(Cc2ccc(Cl)cc2Cl)C1. The largest absolute Gasteiger partial charge is 0.396 e. The zero-order chi connectivity index (χ0) is 12.3. The normalized spacial score (nSPS) is 21.7. The van der Waals surface area contributed by atoms with Gasteiger partial charge in [0.05, 0.1) is 0 Å². The Morgan fingerprint density at radius 3 is 2.88 bits per heavy atom. The van der Waals surface area contributed by atoms with E-state index < -0.39 is 0 Å². The van der Waals surface area contributed by atoms with Crippen LogP contribution in [0.25, 0.3) is 0 Å². The Kier molecular flexibility index (Phi) is 4.69. The number of benzene rings is 1. The average Bonchev–Trinajstić information content (AvgIpc) is 2.33. The van der Waals surface area contributed by atoms with Gasteiger partial charge in [-0.25, -0.2) is 0 Å². The van der Waals surface area contributed by atoms with E-state index in [1.54, 1.807) is 6.07 Å². The van der Waals surface area contributed by atoms with E-state index in [1.807, 2.05) is 12.1 Å². The highest BCUT2D eigenvalue weighted by atomic mass is 35.5. The Hall–Kier alpha value is -0.280. The second-order valence-electron chi connectivity index (χ2n) is 4.66. The van der Waals surface area contributed by atoms with Gasteiger partial charge in [0.25, 0.3) is 0 Å². The number of likely N-dealkylation sites (tertiary alicyclic amines) is 1. The fourth-order valence-corrected chi connectivity index (χ4v) is 2.80. The molecule has 0 unspecified atom stereocenters. The molecule has 0 spiro atoms. The predicted octanol–water partition coefficient (Wildman–Crippen LogP) is 3.20. The minimum atomic E-state index is 0.283. The van der Waals surface area contributed by atoms with Crippen molar-refractivity contribution in [1.29, 1.82) is 0 Å². The summed E-state index contributed by atoms with van der Waals surface area (Å²) in [6.07, 6.45) is 2.28. The number of piperidine rings is 1. The van der Waals surface area contributed by atoms with Gasteiger partial charge in [0, 0.05) is 29.7 Å². The predicted molar refractivity (Wildman–Crippen MR) is 71.5 cm³/mol. The molecule has 2 rings (SSSR count). The van der Waals surface area contributed by atoms with Crippen molar-refractivity contribution in [3.63, 3.8) is 0 Å². The van der Waals surface area contributed by atoms with Gasteiger partial charge in [-0.05, 0) is 43.0 Å². The summed E-state index contributed by atoms with van der Waals surface area (Å²) in [6.45, 7) is 3.16. The van der Waals surface area contributed by atoms with Crippen LogP contribution in [-0.2, 0) is 6.54 Å². The molecule has 1 aromatic rings. The van der Waals surface area contributed by atoms with Crippen molar-refractivity contribution in [3.05, 3.63) is 33.8 Å². The van der Waals surface area contributed by atoms with Crippen LogP contribution < -0.4 is 0 Å². The lowest BCUT2D eigenvalue weighted by Crippen LogP contribution is -2.36. The first kappa shape index (κ1) is 13.2. The van der Waals surface area contributed by atoms with Crippen LogP contribution in [0, 0.1) is 5.92 Å². The van der Waals surface area contributed by atoms with Crippen LogP contribution in [0.15, 0.2) is 18.2 Å². The number of aliphatic hydroxyl groups is 1. The van der Waals surface area contributed by atoms with E-state index >= 15 is 0 Å². The molecule has 2 nitrogen and oxygen atoms in total. The van der Waals surface area contributed by atoms with Crippen LogP contribution in [0.4, 0.5) is 0 Å². The van der Waals surface area contributed by atoms with Gasteiger partial charge in [-0.3, -0.25) is 4.90 Å². The van der Waals surface area contributed by atoms with Gasteiger partial charge in [0.1, 0.15) is 0 Å². The second-order valence-corrected chi connectivity index (χ2v) is 5.51. The summed E-state index contributed by atoms with van der Waals surface area (Å²) in [6, 6.07) is 5.63. The van der Waals surface area contributed by atoms with Crippen molar-refractivity contribution < 1.29 is 5.11 Å². The molecule has 0 bridgehead atoms. The molecule has 1 aliphatic heterocycles. The first-order chi connectivity index (χ1) is 8.19. The van der Waals surface area contributed by atoms with Crippen molar-refractivity contribution in [2.24, 2.45) is 5.92 Å². The highest BCUT2D eigenvalue weighted by Gasteiger charge is 2.19. The van der Waals surface area contributed by atoms with Crippen LogP contribution >= 0.6 is 23.2 Å². The first-order valence-electron chi connectivity index (χ1n) is 5.96. The smallest absolute Gasteiger partial charge is 0.0471 e. The average molecular weight is 274 g/mol. The molecule has 1 heterocycles. The molecule has 1 fully saturated rings. The van der Waals surface area contributed by atoms with Crippen LogP contribution in [0.5, 0.6) is 0 Å². The third-order valence-electron chi connectivity index (χ3n) is 3.27. The molecular formula is C13H17Cl2NO. The molecule has 94 valence electrons. The monoisotopic (exact) mass is 273 g/mol. The van der Waals surface area contributed by atoms with Crippen LogP contribution in [-0.4, -0.2) is 29.7 Å². The minimum absolute atomic E-state index is 0.283. The van der Waals surface area contributed by atoms with E-state index in [-0.39, 0.29) is 6.61 Å². The Morgan fingerprint density at radius 1 is 1.35 bits per heavy atom. The molecule has 0 radical (unpaired) electrons. The molecular weight excluding hydrogens is 257 g/mol. The third-order valence-corrected chi connectivity index (χ3v) is 3.86. The third kappa shape index (κ3) is 3.59. The maximum Gasteiger partial charge on any atom is 0.0471 e. The number of aliphatic hydroxyl groups excluding tert-OH is 1. The summed E-state index contributed by atoms with van der Waals surface area (Å²) in [5.74, 6) is 0.412. The molecule has 0 aromatic heterocycles. The van der Waals surface area contributed by atoms with Gasteiger partial charge >= 0.3 is 0 Å². The van der Waals surface area contributed by atoms with E-state index in [2.05, 4.69) is 4.90 Å². The van der Waals surface area contributed by atoms with E-state index in [4.69, 9.17) is 23.2 Å². The van der Waals surface area contributed by atoms with Crippen molar-refractivity contribution in [2.75, 3.05) is 19.7 Å². The lowest BCUT2D eigenvalue weighted by molar-refractivity contribution is 0.116. The van der Waals surface area contributed by atoms with E-state index in [0.717, 1.165) is 43.1 Å². The molecule has 0 aliphatic carbocycles. The Bertz CT molecular complexity index is 384. The van der Waals surface area contributed by atoms with Crippen molar-refractivity contribution in [3.8, 4) is 0 Å². The molecule has 1 atom stereocenters. The Morgan fingerprint density at radius 2 is 2.18 bits per heavy atom. The summed E-state index contributed by atoms with van der Waals surface area (Å²) >= 11 is 12.0. The zero-order valence-corrected chi connectivity index (χ0v) is 11.2. The standard InChI is InChI=1S/C13H17Cl2NO/c14-12-4-3-11(13(15)6-12)8-16-5-1-2-10(7-16)9-17/h3-4,6,10,17H,1-2,5,7-9H2/t10-/m1/s1. The Balaban J connectivity index is 2.00. The zero-order valence-electron chi connectivity index (χ0n) is 9.70. The van der Waals surface area contributed by atoms with Gasteiger partial charge in [-0.15, -0.1) is 0 Å². The Labute approximate surface area is 112 Å². The summed E-state index contributed by atoms with van der Waals surface area (Å²) in [5.41, 5.74) is 1.11. The number of hydrogen-bond acceptors (Lipinski definition) is 2. The van der Waals surface area contributed by atoms with Gasteiger partial charge < -0.3 is 5.11 Å². The van der Waals surface area contributed by atoms with Crippen LogP contribution in [0.3, 0.4) is 0 Å². The van der Waals surface area contributed by atoms with E-state index in [9.17, 15) is 5.11 Å². The number of nitrogens with zero attached hydrogens (tertiary/aromatic N) is 1. The fraction of sp³-hybridized carbons (Fsp3) is 0.538. The van der Waals surface area contributed by atoms with Gasteiger partial charge in [0.15, 0.2) is 0 Å². The first-order valence-corrected chi connectivity index (χ1v) is 6.72. The topological polar surface area (TPSA) is 23.5 Å². The summed E-state index contributed by atoms with van der Waals surface area (Å²) in [7, 11) is 0. The second kappa shape index (κ2) is 6.05. The van der Waals surface area contributed by atoms with Crippen LogP contribution in [0.1, 0.15) is 18.4 Å². The quantitative estimate of drug-likeness (QED) is 0.915. The number of hydrogen-bond donors (Lipinski definition) is 1. The molecule has 1 aromatic carbocycles. The minimum Gasteiger partial charge on any atom is -0.396 e. The maximum atomic E-state index is 9.20. The maximum absolute atomic E-state index is 9.20. The number of rotatable bonds is 3. The highest BCUT2D eigenvalue weighted by molar-refractivity contribution is 6.35. The van der Waals surface area contributed by atoms with Crippen molar-refractivity contribution in [2.45, 2.75) is 19.4 Å². The van der Waals surface area contributed by atoms with E-state index in [0.29, 0.717) is 10.9 Å². The molecule has 17 heavy (non-hydrogen) atoms. The molecule has 1 saturated heterocycles. The summed E-state index contributed by atoms with van der Waals surface area (Å²) in [4.78, 5) is 2.35. The van der Waals surface area contributed by atoms with Crippen molar-refractivity contribution in [1.82, 2.24) is 4.90 Å².